The van der Waals surface area contributed by atoms with Crippen LogP contribution in [-0.4, -0.2) is 169 Å². The molecule has 19 nitrogen and oxygen atoms in total. The Labute approximate surface area is 422 Å². The third-order valence-electron chi connectivity index (χ3n) is 12.6. The van der Waals surface area contributed by atoms with Crippen molar-refractivity contribution in [2.24, 2.45) is 5.41 Å². The van der Waals surface area contributed by atoms with Gasteiger partial charge in [0.2, 0.25) is 17.8 Å². The number of anilines is 3. The molecule has 71 heavy (non-hydrogen) atoms. The van der Waals surface area contributed by atoms with Crippen molar-refractivity contribution < 1.29 is 47.6 Å². The van der Waals surface area contributed by atoms with E-state index in [-0.39, 0.29) is 51.5 Å². The number of carbonyl (C=O) groups is 4. The summed E-state index contributed by atoms with van der Waals surface area (Å²) >= 11 is 7.62. The molecule has 384 valence electrons. The summed E-state index contributed by atoms with van der Waals surface area (Å²) in [6.45, 7) is 12.2. The number of hydrogen-bond donors (Lipinski definition) is 5. The zero-order valence-corrected chi connectivity index (χ0v) is 42.6. The Hall–Kier alpha value is -5.71. The number of β-amino-alcohol motifs (C(OH)–C–C–N with tert-alkyl or cyclic N) is 1. The van der Waals surface area contributed by atoms with Gasteiger partial charge in [-0.05, 0) is 55.0 Å². The summed E-state index contributed by atoms with van der Waals surface area (Å²) in [6, 6.07) is 8.81. The van der Waals surface area contributed by atoms with Crippen LogP contribution in [-0.2, 0) is 30.4 Å². The van der Waals surface area contributed by atoms with E-state index in [0.717, 1.165) is 16.1 Å². The van der Waals surface area contributed by atoms with Gasteiger partial charge in [-0.3, -0.25) is 24.1 Å². The Bertz CT molecular complexity index is 2520. The van der Waals surface area contributed by atoms with Gasteiger partial charge < -0.3 is 55.1 Å². The largest absolute Gasteiger partial charge is 0.495 e. The van der Waals surface area contributed by atoms with E-state index in [1.807, 2.05) is 30.0 Å². The fourth-order valence-electron chi connectivity index (χ4n) is 8.31. The van der Waals surface area contributed by atoms with Gasteiger partial charge >= 0.3 is 0 Å². The Morgan fingerprint density at radius 2 is 1.72 bits per heavy atom. The fraction of sp³-hybridized carbons (Fsp3) is 0.531. The first-order valence-electron chi connectivity index (χ1n) is 23.7. The number of amides is 4. The Kier molecular flexibility index (Phi) is 17.7. The van der Waals surface area contributed by atoms with E-state index in [2.05, 4.69) is 41.1 Å². The lowest BCUT2D eigenvalue weighted by Gasteiger charge is -2.35. The molecule has 0 unspecified atom stereocenters. The molecule has 2 aliphatic heterocycles. The molecule has 0 radical (unpaired) electrons. The standard InChI is InChI=1S/C49H64ClFN10O9S/c1-30-40(71-29-55-30)31-7-8-33(26-53-43(63)37-25-34(62)28-61(37)45(65)41(48(2,3)4)57-46(66)49(51)11-12-49)38(23-31)70-22-21-69-20-19-68-18-17-59-13-15-60(16-14-59)44(64)32-9-10-36(39(24-32)67-6)56-47-54-27-35(50)42(52-5)58-47/h7-10,23-24,27,29,34,37,41,62H,11-22,25-26,28H2,1-6H3,(H,53,63)(H,57,66)(H2,52,54,56,58)/t34-,37+,41-/m1/s1. The number of methoxy groups -OCH3 is 1. The second kappa shape index (κ2) is 23.7. The number of aliphatic hydroxyl groups is 1. The molecule has 4 amide bonds. The van der Waals surface area contributed by atoms with E-state index in [4.69, 9.17) is 30.5 Å². The lowest BCUT2D eigenvalue weighted by Crippen LogP contribution is -2.59. The van der Waals surface area contributed by atoms with Crippen molar-refractivity contribution in [1.29, 1.82) is 0 Å². The fourth-order valence-corrected chi connectivity index (χ4v) is 9.29. The lowest BCUT2D eigenvalue weighted by molar-refractivity contribution is -0.145. The molecule has 4 heterocycles. The molecule has 2 aromatic heterocycles. The van der Waals surface area contributed by atoms with Crippen LogP contribution in [0.5, 0.6) is 11.5 Å². The van der Waals surface area contributed by atoms with Crippen LogP contribution in [0.2, 0.25) is 5.02 Å². The van der Waals surface area contributed by atoms with Gasteiger partial charge in [0, 0.05) is 70.4 Å². The Morgan fingerprint density at radius 1 is 0.986 bits per heavy atom. The molecule has 22 heteroatoms. The molecule has 0 bridgehead atoms. The molecule has 5 N–H and O–H groups in total. The normalized spacial score (nSPS) is 18.2. The number of aryl methyl sites for hydroxylation is 1. The van der Waals surface area contributed by atoms with Crippen LogP contribution in [0.1, 0.15) is 61.6 Å². The van der Waals surface area contributed by atoms with Gasteiger partial charge in [-0.1, -0.05) is 44.5 Å². The Morgan fingerprint density at radius 3 is 2.39 bits per heavy atom. The Balaban J connectivity index is 0.834. The van der Waals surface area contributed by atoms with Gasteiger partial charge in [0.15, 0.2) is 5.67 Å². The van der Waals surface area contributed by atoms with E-state index in [1.165, 1.54) is 29.5 Å². The highest BCUT2D eigenvalue weighted by Gasteiger charge is 2.53. The van der Waals surface area contributed by atoms with E-state index in [1.54, 1.807) is 51.5 Å². The van der Waals surface area contributed by atoms with Gasteiger partial charge in [0.25, 0.3) is 11.8 Å². The first-order valence-corrected chi connectivity index (χ1v) is 25.0. The van der Waals surface area contributed by atoms with Crippen molar-refractivity contribution in [3.05, 3.63) is 69.9 Å². The van der Waals surface area contributed by atoms with Crippen molar-refractivity contribution in [3.63, 3.8) is 0 Å². The number of aliphatic hydroxyl groups excluding tert-OH is 1. The summed E-state index contributed by atoms with van der Waals surface area (Å²) in [6.07, 6.45) is 0.753. The van der Waals surface area contributed by atoms with E-state index < -0.39 is 47.0 Å². The minimum atomic E-state index is -1.98. The molecule has 1 saturated carbocycles. The van der Waals surface area contributed by atoms with Gasteiger partial charge in [-0.25, -0.2) is 14.4 Å². The number of carbonyl (C=O) groups excluding carboxylic acids is 4. The van der Waals surface area contributed by atoms with Gasteiger partial charge in [-0.2, -0.15) is 4.98 Å². The minimum absolute atomic E-state index is 0.0119. The highest BCUT2D eigenvalue weighted by atomic mass is 35.5. The summed E-state index contributed by atoms with van der Waals surface area (Å²) in [4.78, 5) is 73.1. The molecule has 3 fully saturated rings. The number of alkyl halides is 1. The maximum Gasteiger partial charge on any atom is 0.258 e. The number of nitrogens with zero attached hydrogens (tertiary/aromatic N) is 6. The van der Waals surface area contributed by atoms with Crippen molar-refractivity contribution in [1.82, 2.24) is 40.3 Å². The quantitative estimate of drug-likeness (QED) is 0.0666. The van der Waals surface area contributed by atoms with Gasteiger partial charge in [-0.15, -0.1) is 11.3 Å². The van der Waals surface area contributed by atoms with E-state index >= 15 is 0 Å². The molecule has 3 aliphatic rings. The molecule has 2 saturated heterocycles. The topological polar surface area (TPSA) is 222 Å². The van der Waals surface area contributed by atoms with Crippen molar-refractivity contribution in [3.8, 4) is 21.9 Å². The van der Waals surface area contributed by atoms with Gasteiger partial charge in [0.1, 0.15) is 41.0 Å². The predicted octanol–water partition coefficient (Wildman–Crippen LogP) is 4.84. The molecule has 1 aliphatic carbocycles. The summed E-state index contributed by atoms with van der Waals surface area (Å²) in [5.74, 6) is -0.130. The summed E-state index contributed by atoms with van der Waals surface area (Å²) in [5, 5.41) is 22.6. The molecule has 4 aromatic rings. The van der Waals surface area contributed by atoms with Crippen LogP contribution in [0.4, 0.5) is 21.8 Å². The van der Waals surface area contributed by atoms with Crippen molar-refractivity contribution >= 4 is 64.0 Å². The first kappa shape index (κ1) is 53.1. The number of rotatable bonds is 22. The zero-order valence-electron chi connectivity index (χ0n) is 41.0. The molecular weight excluding hydrogens is 959 g/mol. The smallest absolute Gasteiger partial charge is 0.258 e. The molecule has 0 spiro atoms. The van der Waals surface area contributed by atoms with Crippen LogP contribution in [0, 0.1) is 12.3 Å². The van der Waals surface area contributed by atoms with E-state index in [0.29, 0.717) is 97.6 Å². The van der Waals surface area contributed by atoms with Crippen LogP contribution < -0.4 is 30.7 Å². The average molecular weight is 1020 g/mol. The highest BCUT2D eigenvalue weighted by Crippen LogP contribution is 2.41. The average Bonchev–Trinajstić information content (AvgIpc) is 3.76. The lowest BCUT2D eigenvalue weighted by atomic mass is 9.85. The molecular formula is C49H64ClFN10O9S. The van der Waals surface area contributed by atoms with Crippen molar-refractivity contribution in [2.75, 3.05) is 97.1 Å². The van der Waals surface area contributed by atoms with Crippen LogP contribution in [0.25, 0.3) is 10.4 Å². The third-order valence-corrected chi connectivity index (χ3v) is 13.9. The number of halogens is 2. The third kappa shape index (κ3) is 13.6. The predicted molar refractivity (Wildman–Crippen MR) is 267 cm³/mol. The first-order chi connectivity index (χ1) is 34.0. The van der Waals surface area contributed by atoms with Crippen LogP contribution in [0.3, 0.4) is 0 Å². The second-order valence-corrected chi connectivity index (χ2v) is 20.1. The minimum Gasteiger partial charge on any atom is -0.495 e. The highest BCUT2D eigenvalue weighted by molar-refractivity contribution is 7.13. The summed E-state index contributed by atoms with van der Waals surface area (Å²) in [5.41, 5.74) is 2.58. The number of hydrogen-bond acceptors (Lipinski definition) is 16. The number of benzene rings is 2. The number of piperazine rings is 1. The van der Waals surface area contributed by atoms with Gasteiger partial charge in [0.05, 0.1) is 67.6 Å². The number of thiazole rings is 1. The second-order valence-electron chi connectivity index (χ2n) is 18.8. The number of likely N-dealkylation sites (tertiary alicyclic amines) is 1. The number of nitrogens with one attached hydrogen (secondary N) is 4. The molecule has 2 aromatic carbocycles. The molecule has 7 rings (SSSR count). The molecule has 3 atom stereocenters. The maximum atomic E-state index is 14.6. The summed E-state index contributed by atoms with van der Waals surface area (Å²) < 4.78 is 38.2. The maximum absolute atomic E-state index is 14.6. The monoisotopic (exact) mass is 1020 g/mol. The summed E-state index contributed by atoms with van der Waals surface area (Å²) in [7, 11) is 3.25. The zero-order chi connectivity index (χ0) is 50.9. The van der Waals surface area contributed by atoms with E-state index in [9.17, 15) is 28.7 Å². The number of ether oxygens (including phenoxy) is 4. The van der Waals surface area contributed by atoms with Crippen molar-refractivity contribution in [2.45, 2.75) is 77.4 Å². The van der Waals surface area contributed by atoms with Crippen LogP contribution in [0.15, 0.2) is 48.1 Å². The SMILES string of the molecule is CNc1nc(Nc2ccc(C(=O)N3CCN(CCOCCOCCOc4cc(-c5scnc5C)ccc4CNC(=O)[C@@H]4C[C@@H](O)CN4C(=O)[C@@H](NC(=O)C4(F)CC4)C(C)(C)C)CC3)cc2OC)ncc1Cl. The van der Waals surface area contributed by atoms with Crippen LogP contribution >= 0.6 is 22.9 Å². The number of aromatic nitrogens is 3.